The van der Waals surface area contributed by atoms with E-state index in [1.165, 1.54) is 36.4 Å². The van der Waals surface area contributed by atoms with Gasteiger partial charge in [-0.1, -0.05) is 11.6 Å². The SMILES string of the molecule is Cc1ccc(F)c(C(=O)c2cc3cc(F)ccc3o2)c1. The maximum atomic E-state index is 13.7. The molecule has 0 fully saturated rings. The molecule has 0 bridgehead atoms. The number of carbonyl (C=O) groups excluding carboxylic acids is 1. The van der Waals surface area contributed by atoms with Crippen LogP contribution in [0, 0.1) is 18.6 Å². The molecular weight excluding hydrogens is 262 g/mol. The molecule has 100 valence electrons. The van der Waals surface area contributed by atoms with Crippen LogP contribution in [0.25, 0.3) is 11.0 Å². The third-order valence-corrected chi connectivity index (χ3v) is 3.07. The van der Waals surface area contributed by atoms with Crippen LogP contribution < -0.4 is 0 Å². The summed E-state index contributed by atoms with van der Waals surface area (Å²) >= 11 is 0. The van der Waals surface area contributed by atoms with Gasteiger partial charge in [-0.25, -0.2) is 8.78 Å². The first-order valence-corrected chi connectivity index (χ1v) is 6.04. The number of hydrogen-bond donors (Lipinski definition) is 0. The average molecular weight is 272 g/mol. The fourth-order valence-corrected chi connectivity index (χ4v) is 2.07. The zero-order chi connectivity index (χ0) is 14.3. The predicted molar refractivity (Wildman–Crippen MR) is 70.7 cm³/mol. The highest BCUT2D eigenvalue weighted by Gasteiger charge is 2.18. The van der Waals surface area contributed by atoms with Crippen molar-refractivity contribution in [2.75, 3.05) is 0 Å². The van der Waals surface area contributed by atoms with Crippen LogP contribution in [0.5, 0.6) is 0 Å². The first-order chi connectivity index (χ1) is 9.54. The number of benzene rings is 2. The molecule has 0 amide bonds. The monoisotopic (exact) mass is 272 g/mol. The van der Waals surface area contributed by atoms with E-state index in [-0.39, 0.29) is 11.3 Å². The maximum Gasteiger partial charge on any atom is 0.231 e. The van der Waals surface area contributed by atoms with E-state index in [9.17, 15) is 13.6 Å². The molecule has 2 aromatic carbocycles. The standard InChI is InChI=1S/C16H10F2O2/c1-9-2-4-13(18)12(6-9)16(19)15-8-10-7-11(17)3-5-14(10)20-15/h2-8H,1H3. The fraction of sp³-hybridized carbons (Fsp3) is 0.0625. The summed E-state index contributed by atoms with van der Waals surface area (Å²) in [5, 5.41) is 0.474. The molecule has 0 saturated heterocycles. The molecule has 0 saturated carbocycles. The molecule has 0 spiro atoms. The highest BCUT2D eigenvalue weighted by molar-refractivity contribution is 6.09. The summed E-state index contributed by atoms with van der Waals surface area (Å²) in [6.45, 7) is 1.77. The van der Waals surface area contributed by atoms with Crippen LogP contribution >= 0.6 is 0 Å². The number of furan rings is 1. The smallest absolute Gasteiger partial charge is 0.231 e. The summed E-state index contributed by atoms with van der Waals surface area (Å²) in [6.07, 6.45) is 0. The minimum atomic E-state index is -0.604. The number of halogens is 2. The second-order valence-corrected chi connectivity index (χ2v) is 4.61. The van der Waals surface area contributed by atoms with Crippen LogP contribution in [0.15, 0.2) is 46.9 Å². The highest BCUT2D eigenvalue weighted by atomic mass is 19.1. The van der Waals surface area contributed by atoms with Crippen LogP contribution in [-0.4, -0.2) is 5.78 Å². The molecule has 3 rings (SSSR count). The number of aryl methyl sites for hydroxylation is 1. The molecule has 0 unspecified atom stereocenters. The summed E-state index contributed by atoms with van der Waals surface area (Å²) in [5.74, 6) is -1.58. The molecular formula is C16H10F2O2. The number of ketones is 1. The Morgan fingerprint density at radius 1 is 1.05 bits per heavy atom. The predicted octanol–water partition coefficient (Wildman–Crippen LogP) is 4.25. The fourth-order valence-electron chi connectivity index (χ4n) is 2.07. The lowest BCUT2D eigenvalue weighted by Gasteiger charge is -2.01. The molecule has 0 aliphatic rings. The van der Waals surface area contributed by atoms with E-state index in [0.717, 1.165) is 5.56 Å². The molecule has 3 aromatic rings. The van der Waals surface area contributed by atoms with Crippen molar-refractivity contribution in [3.05, 3.63) is 71.0 Å². The second kappa shape index (κ2) is 4.56. The van der Waals surface area contributed by atoms with Gasteiger partial charge >= 0.3 is 0 Å². The van der Waals surface area contributed by atoms with Crippen molar-refractivity contribution in [3.63, 3.8) is 0 Å². The molecule has 20 heavy (non-hydrogen) atoms. The van der Waals surface area contributed by atoms with Gasteiger partial charge in [0.05, 0.1) is 5.56 Å². The topological polar surface area (TPSA) is 30.2 Å². The van der Waals surface area contributed by atoms with E-state index in [2.05, 4.69) is 0 Å². The third-order valence-electron chi connectivity index (χ3n) is 3.07. The summed E-state index contributed by atoms with van der Waals surface area (Å²) < 4.78 is 32.2. The van der Waals surface area contributed by atoms with Gasteiger partial charge < -0.3 is 4.42 Å². The van der Waals surface area contributed by atoms with Gasteiger partial charge in [0.25, 0.3) is 0 Å². The largest absolute Gasteiger partial charge is 0.453 e. The third kappa shape index (κ3) is 2.09. The Bertz CT molecular complexity index is 818. The molecule has 1 aromatic heterocycles. The number of rotatable bonds is 2. The zero-order valence-corrected chi connectivity index (χ0v) is 10.6. The van der Waals surface area contributed by atoms with Gasteiger partial charge in [-0.15, -0.1) is 0 Å². The Balaban J connectivity index is 2.10. The molecule has 4 heteroatoms. The van der Waals surface area contributed by atoms with Crippen LogP contribution in [0.2, 0.25) is 0 Å². The highest BCUT2D eigenvalue weighted by Crippen LogP contribution is 2.23. The lowest BCUT2D eigenvalue weighted by atomic mass is 10.1. The first kappa shape index (κ1) is 12.5. The average Bonchev–Trinajstić information content (AvgIpc) is 2.83. The van der Waals surface area contributed by atoms with Crippen molar-refractivity contribution in [3.8, 4) is 0 Å². The molecule has 0 aliphatic heterocycles. The maximum absolute atomic E-state index is 13.7. The van der Waals surface area contributed by atoms with E-state index in [4.69, 9.17) is 4.42 Å². The van der Waals surface area contributed by atoms with E-state index in [0.29, 0.717) is 11.0 Å². The summed E-state index contributed by atoms with van der Waals surface area (Å²) in [7, 11) is 0. The molecule has 2 nitrogen and oxygen atoms in total. The molecule has 0 radical (unpaired) electrons. The Labute approximate surface area is 113 Å². The lowest BCUT2D eigenvalue weighted by Crippen LogP contribution is -2.03. The van der Waals surface area contributed by atoms with Gasteiger partial charge in [0, 0.05) is 5.39 Å². The normalized spacial score (nSPS) is 10.9. The minimum absolute atomic E-state index is 0.00454. The van der Waals surface area contributed by atoms with Crippen molar-refractivity contribution in [1.29, 1.82) is 0 Å². The van der Waals surface area contributed by atoms with Crippen LogP contribution in [0.4, 0.5) is 8.78 Å². The summed E-state index contributed by atoms with van der Waals surface area (Å²) in [6, 6.07) is 9.66. The van der Waals surface area contributed by atoms with Crippen molar-refractivity contribution in [2.24, 2.45) is 0 Å². The van der Waals surface area contributed by atoms with E-state index in [1.807, 2.05) is 0 Å². The first-order valence-electron chi connectivity index (χ1n) is 6.04. The Hall–Kier alpha value is -2.49. The van der Waals surface area contributed by atoms with Crippen molar-refractivity contribution < 1.29 is 18.0 Å². The van der Waals surface area contributed by atoms with Gasteiger partial charge in [0.2, 0.25) is 5.78 Å². The molecule has 0 aliphatic carbocycles. The van der Waals surface area contributed by atoms with Crippen LogP contribution in [-0.2, 0) is 0 Å². The quantitative estimate of drug-likeness (QED) is 0.653. The minimum Gasteiger partial charge on any atom is -0.453 e. The van der Waals surface area contributed by atoms with Crippen molar-refractivity contribution >= 4 is 16.8 Å². The molecule has 0 N–H and O–H groups in total. The number of hydrogen-bond acceptors (Lipinski definition) is 2. The van der Waals surface area contributed by atoms with Gasteiger partial charge in [-0.3, -0.25) is 4.79 Å². The summed E-state index contributed by atoms with van der Waals surface area (Å²) in [4.78, 5) is 12.2. The second-order valence-electron chi connectivity index (χ2n) is 4.61. The van der Waals surface area contributed by atoms with Gasteiger partial charge in [0.1, 0.15) is 17.2 Å². The van der Waals surface area contributed by atoms with Gasteiger partial charge in [-0.2, -0.15) is 0 Å². The van der Waals surface area contributed by atoms with E-state index in [1.54, 1.807) is 13.0 Å². The van der Waals surface area contributed by atoms with Crippen molar-refractivity contribution in [1.82, 2.24) is 0 Å². The number of carbonyl (C=O) groups is 1. The Morgan fingerprint density at radius 3 is 2.65 bits per heavy atom. The van der Waals surface area contributed by atoms with E-state index >= 15 is 0 Å². The zero-order valence-electron chi connectivity index (χ0n) is 10.6. The van der Waals surface area contributed by atoms with Gasteiger partial charge in [-0.05, 0) is 43.3 Å². The number of fused-ring (bicyclic) bond motifs is 1. The van der Waals surface area contributed by atoms with Gasteiger partial charge in [0.15, 0.2) is 5.76 Å². The Kier molecular flexibility index (Phi) is 2.86. The Morgan fingerprint density at radius 2 is 1.85 bits per heavy atom. The molecule has 1 heterocycles. The van der Waals surface area contributed by atoms with Crippen LogP contribution in [0.1, 0.15) is 21.7 Å². The molecule has 0 atom stereocenters. The van der Waals surface area contributed by atoms with E-state index < -0.39 is 17.4 Å². The van der Waals surface area contributed by atoms with Crippen LogP contribution in [0.3, 0.4) is 0 Å². The lowest BCUT2D eigenvalue weighted by molar-refractivity contribution is 0.101. The van der Waals surface area contributed by atoms with Crippen molar-refractivity contribution in [2.45, 2.75) is 6.92 Å². The summed E-state index contributed by atoms with van der Waals surface area (Å²) in [5.41, 5.74) is 1.12.